The van der Waals surface area contributed by atoms with Crippen molar-refractivity contribution in [2.75, 3.05) is 46.5 Å². The second-order valence-corrected chi connectivity index (χ2v) is 11.2. The lowest BCUT2D eigenvalue weighted by molar-refractivity contribution is -0.135. The summed E-state index contributed by atoms with van der Waals surface area (Å²) in [6.07, 6.45) is 1.01. The van der Waals surface area contributed by atoms with Crippen LogP contribution >= 0.6 is 0 Å². The smallest absolute Gasteiger partial charge is 0.243 e. The molecule has 1 aromatic rings. The van der Waals surface area contributed by atoms with Gasteiger partial charge < -0.3 is 40.4 Å². The number of ether oxygens (including phenoxy) is 3. The predicted octanol–water partition coefficient (Wildman–Crippen LogP) is -0.929. The number of hydrogen-bond acceptors (Lipinski definition) is 9. The van der Waals surface area contributed by atoms with Crippen molar-refractivity contribution in [2.45, 2.75) is 69.4 Å². The Hall–Kier alpha value is -3.55. The molecule has 4 N–H and O–H groups in total. The highest BCUT2D eigenvalue weighted by Crippen LogP contribution is 2.29. The molecule has 3 aliphatic rings. The van der Waals surface area contributed by atoms with Crippen LogP contribution in [0.1, 0.15) is 38.7 Å². The Balaban J connectivity index is 1.45. The van der Waals surface area contributed by atoms with Gasteiger partial charge in [-0.05, 0) is 38.0 Å². The second-order valence-electron chi connectivity index (χ2n) is 11.2. The van der Waals surface area contributed by atoms with Gasteiger partial charge in [-0.3, -0.25) is 24.0 Å². The van der Waals surface area contributed by atoms with Crippen molar-refractivity contribution in [1.82, 2.24) is 26.2 Å². The molecule has 3 heterocycles. The van der Waals surface area contributed by atoms with E-state index in [-0.39, 0.29) is 49.7 Å². The summed E-state index contributed by atoms with van der Waals surface area (Å²) in [4.78, 5) is 66.5. The van der Waals surface area contributed by atoms with Crippen molar-refractivity contribution in [1.29, 1.82) is 0 Å². The third-order valence-corrected chi connectivity index (χ3v) is 7.73. The van der Waals surface area contributed by atoms with Crippen molar-refractivity contribution >= 4 is 29.4 Å². The highest BCUT2D eigenvalue weighted by atomic mass is 16.6. The fourth-order valence-electron chi connectivity index (χ4n) is 5.03. The van der Waals surface area contributed by atoms with E-state index in [1.165, 1.54) is 6.92 Å². The number of amides is 4. The van der Waals surface area contributed by atoms with Crippen LogP contribution in [0.4, 0.5) is 0 Å². The maximum atomic E-state index is 13.7. The first-order chi connectivity index (χ1) is 20.1. The minimum atomic E-state index is -1.08. The molecular weight excluding hydrogens is 546 g/mol. The summed E-state index contributed by atoms with van der Waals surface area (Å²) in [7, 11) is 1.55. The summed E-state index contributed by atoms with van der Waals surface area (Å²) in [5.41, 5.74) is -0.281. The Morgan fingerprint density at radius 3 is 2.43 bits per heavy atom. The van der Waals surface area contributed by atoms with Gasteiger partial charge in [-0.1, -0.05) is 12.1 Å². The average Bonchev–Trinajstić information content (AvgIpc) is 3.61. The Morgan fingerprint density at radius 2 is 1.83 bits per heavy atom. The average molecular weight is 588 g/mol. The number of nitrogens with zero attached hydrogens (tertiary/aromatic N) is 1. The first-order valence-electron chi connectivity index (χ1n) is 14.4. The summed E-state index contributed by atoms with van der Waals surface area (Å²) < 4.78 is 16.1. The molecule has 13 nitrogen and oxygen atoms in total. The lowest BCUT2D eigenvalue weighted by atomic mass is 9.98. The number of carbonyl (C=O) groups is 5. The Labute approximate surface area is 245 Å². The maximum Gasteiger partial charge on any atom is 0.243 e. The molecule has 0 aliphatic carbocycles. The molecule has 230 valence electrons. The minimum Gasteiger partial charge on any atom is -0.497 e. The quantitative estimate of drug-likeness (QED) is 0.201. The predicted molar refractivity (Wildman–Crippen MR) is 151 cm³/mol. The van der Waals surface area contributed by atoms with Gasteiger partial charge in [0.05, 0.1) is 32.8 Å². The second kappa shape index (κ2) is 14.1. The zero-order valence-corrected chi connectivity index (χ0v) is 24.4. The molecule has 42 heavy (non-hydrogen) atoms. The van der Waals surface area contributed by atoms with Crippen LogP contribution in [-0.4, -0.2) is 111 Å². The number of epoxide rings is 1. The van der Waals surface area contributed by atoms with Crippen LogP contribution in [0, 0.1) is 0 Å². The van der Waals surface area contributed by atoms with Gasteiger partial charge in [0.2, 0.25) is 23.6 Å². The SMILES string of the molecule is COc1ccc(C[C@H](NC(=O)[C@H](C)NC(=O)CC2CNCCO2)C(=O)N[C@@H](CN2CCCC2=O)C(=O)[C@@]2(C)CO2)cc1. The monoisotopic (exact) mass is 587 g/mol. The standard InChI is InChI=1S/C29H41N5O8/c1-18(31-24(35)14-21-15-30-10-12-41-21)27(38)32-22(13-19-6-8-20(40-3)9-7-19)28(39)33-23(26(37)29(2)17-42-29)16-34-11-4-5-25(34)36/h6-9,18,21-23,30H,4-5,10-17H2,1-3H3,(H,31,35)(H,32,38)(H,33,39)/t18-,21?,22-,23-,29+/m0/s1. The zero-order valence-electron chi connectivity index (χ0n) is 24.4. The number of methoxy groups -OCH3 is 1. The molecule has 1 aromatic carbocycles. The van der Waals surface area contributed by atoms with E-state index in [9.17, 15) is 24.0 Å². The summed E-state index contributed by atoms with van der Waals surface area (Å²) in [6, 6.07) is 4.02. The number of nitrogens with one attached hydrogen (secondary N) is 4. The van der Waals surface area contributed by atoms with Gasteiger partial charge >= 0.3 is 0 Å². The van der Waals surface area contributed by atoms with Crippen molar-refractivity contribution in [3.63, 3.8) is 0 Å². The molecule has 5 atom stereocenters. The van der Waals surface area contributed by atoms with Crippen molar-refractivity contribution < 1.29 is 38.2 Å². The highest BCUT2D eigenvalue weighted by molar-refractivity contribution is 5.99. The summed E-state index contributed by atoms with van der Waals surface area (Å²) >= 11 is 0. The van der Waals surface area contributed by atoms with Crippen LogP contribution in [0.25, 0.3) is 0 Å². The molecule has 4 rings (SSSR count). The molecular formula is C29H41N5O8. The summed E-state index contributed by atoms with van der Waals surface area (Å²) in [6.45, 7) is 5.72. The number of hydrogen-bond donors (Lipinski definition) is 4. The first kappa shape index (κ1) is 31.4. The van der Waals surface area contributed by atoms with Gasteiger partial charge in [0, 0.05) is 39.0 Å². The lowest BCUT2D eigenvalue weighted by Gasteiger charge is -2.28. The van der Waals surface area contributed by atoms with Crippen LogP contribution in [0.5, 0.6) is 5.75 Å². The Bertz CT molecular complexity index is 1150. The van der Waals surface area contributed by atoms with E-state index in [1.54, 1.807) is 43.2 Å². The van der Waals surface area contributed by atoms with Crippen LogP contribution in [0.3, 0.4) is 0 Å². The summed E-state index contributed by atoms with van der Waals surface area (Å²) in [5, 5.41) is 11.3. The molecule has 0 radical (unpaired) electrons. The number of likely N-dealkylation sites (tertiary alicyclic amines) is 1. The number of ketones is 1. The molecule has 0 saturated carbocycles. The number of carbonyl (C=O) groups excluding carboxylic acids is 5. The molecule has 0 aromatic heterocycles. The van der Waals surface area contributed by atoms with E-state index in [0.29, 0.717) is 38.3 Å². The number of morpholine rings is 1. The van der Waals surface area contributed by atoms with Crippen LogP contribution in [-0.2, 0) is 39.9 Å². The van der Waals surface area contributed by atoms with E-state index in [0.717, 1.165) is 12.1 Å². The first-order valence-corrected chi connectivity index (χ1v) is 14.4. The maximum absolute atomic E-state index is 13.7. The number of Topliss-reactive ketones (excluding diaryl/α,β-unsaturated/α-hetero) is 1. The summed E-state index contributed by atoms with van der Waals surface area (Å²) in [5.74, 6) is -1.27. The van der Waals surface area contributed by atoms with Gasteiger partial charge in [-0.25, -0.2) is 0 Å². The molecule has 3 aliphatic heterocycles. The van der Waals surface area contributed by atoms with Gasteiger partial charge in [-0.2, -0.15) is 0 Å². The van der Waals surface area contributed by atoms with Crippen LogP contribution < -0.4 is 26.0 Å². The largest absolute Gasteiger partial charge is 0.497 e. The van der Waals surface area contributed by atoms with Crippen molar-refractivity contribution in [2.24, 2.45) is 0 Å². The molecule has 13 heteroatoms. The number of benzene rings is 1. The van der Waals surface area contributed by atoms with E-state index >= 15 is 0 Å². The minimum absolute atomic E-state index is 0.0239. The molecule has 0 bridgehead atoms. The molecule has 3 saturated heterocycles. The van der Waals surface area contributed by atoms with Gasteiger partial charge in [0.1, 0.15) is 29.5 Å². The fourth-order valence-corrected chi connectivity index (χ4v) is 5.03. The Morgan fingerprint density at radius 1 is 1.12 bits per heavy atom. The van der Waals surface area contributed by atoms with E-state index in [4.69, 9.17) is 14.2 Å². The fraction of sp³-hybridized carbons (Fsp3) is 0.621. The van der Waals surface area contributed by atoms with E-state index in [1.807, 2.05) is 0 Å². The third kappa shape index (κ3) is 8.49. The third-order valence-electron chi connectivity index (χ3n) is 7.73. The van der Waals surface area contributed by atoms with Crippen LogP contribution in [0.15, 0.2) is 24.3 Å². The van der Waals surface area contributed by atoms with E-state index in [2.05, 4.69) is 21.3 Å². The van der Waals surface area contributed by atoms with Crippen molar-refractivity contribution in [3.8, 4) is 5.75 Å². The van der Waals surface area contributed by atoms with Gasteiger partial charge in [-0.15, -0.1) is 0 Å². The number of rotatable bonds is 14. The zero-order chi connectivity index (χ0) is 30.3. The lowest BCUT2D eigenvalue weighted by Crippen LogP contribution is -2.59. The topological polar surface area (TPSA) is 168 Å². The normalized spacial score (nSPS) is 23.8. The molecule has 1 unspecified atom stereocenters. The molecule has 0 spiro atoms. The van der Waals surface area contributed by atoms with Gasteiger partial charge in [0.25, 0.3) is 0 Å². The van der Waals surface area contributed by atoms with Gasteiger partial charge in [0.15, 0.2) is 5.78 Å². The molecule has 4 amide bonds. The van der Waals surface area contributed by atoms with Crippen LogP contribution in [0.2, 0.25) is 0 Å². The highest BCUT2D eigenvalue weighted by Gasteiger charge is 2.51. The Kier molecular flexibility index (Phi) is 10.5. The van der Waals surface area contributed by atoms with Crippen molar-refractivity contribution in [3.05, 3.63) is 29.8 Å². The molecule has 3 fully saturated rings. The van der Waals surface area contributed by atoms with E-state index < -0.39 is 35.5 Å².